The number of nitrogens with zero attached hydrogens (tertiary/aromatic N) is 1. The van der Waals surface area contributed by atoms with Crippen LogP contribution in [0.3, 0.4) is 0 Å². The van der Waals surface area contributed by atoms with E-state index in [1.54, 1.807) is 13.8 Å². The van der Waals surface area contributed by atoms with Gasteiger partial charge < -0.3 is 5.32 Å². The Morgan fingerprint density at radius 3 is 2.50 bits per heavy atom. The Balaban J connectivity index is 4.53. The van der Waals surface area contributed by atoms with E-state index in [2.05, 4.69) is 5.32 Å². The van der Waals surface area contributed by atoms with Crippen LogP contribution in [0.25, 0.3) is 0 Å². The van der Waals surface area contributed by atoms with Crippen LogP contribution >= 0.6 is 11.6 Å². The van der Waals surface area contributed by atoms with Crippen LogP contribution in [0.15, 0.2) is 11.6 Å². The normalized spacial score (nSPS) is 12.2. The second kappa shape index (κ2) is 7.65. The third kappa shape index (κ3) is 5.48. The van der Waals surface area contributed by atoms with Gasteiger partial charge in [0.2, 0.25) is 15.9 Å². The number of nitrogens with one attached hydrogen (secondary N) is 1. The summed E-state index contributed by atoms with van der Waals surface area (Å²) in [4.78, 5) is 11.3. The highest BCUT2D eigenvalue weighted by atomic mass is 35.5. The fourth-order valence-electron chi connectivity index (χ4n) is 1.08. The summed E-state index contributed by atoms with van der Waals surface area (Å²) in [6.45, 7) is 4.05. The van der Waals surface area contributed by atoms with Gasteiger partial charge >= 0.3 is 0 Å². The van der Waals surface area contributed by atoms with Crippen LogP contribution in [0.4, 0.5) is 0 Å². The molecule has 16 heavy (non-hydrogen) atoms. The Hall–Kier alpha value is -0.590. The molecule has 0 fully saturated rings. The zero-order valence-corrected chi connectivity index (χ0v) is 11.0. The van der Waals surface area contributed by atoms with Gasteiger partial charge in [-0.1, -0.05) is 24.6 Å². The average Bonchev–Trinajstić information content (AvgIpc) is 2.23. The number of halogens is 1. The fraction of sp³-hybridized carbons (Fsp3) is 0.667. The van der Waals surface area contributed by atoms with Gasteiger partial charge in [-0.3, -0.25) is 4.79 Å². The van der Waals surface area contributed by atoms with Crippen molar-refractivity contribution in [1.29, 1.82) is 0 Å². The van der Waals surface area contributed by atoms with Gasteiger partial charge in [0.1, 0.15) is 0 Å². The third-order valence-electron chi connectivity index (χ3n) is 1.84. The molecule has 0 spiro atoms. The van der Waals surface area contributed by atoms with E-state index >= 15 is 0 Å². The number of carbonyl (C=O) groups excluding carboxylic acids is 1. The highest BCUT2D eigenvalue weighted by Crippen LogP contribution is 2.02. The Bertz CT molecular complexity index is 341. The number of rotatable bonds is 7. The van der Waals surface area contributed by atoms with E-state index in [1.165, 1.54) is 6.08 Å². The van der Waals surface area contributed by atoms with Crippen LogP contribution in [0.2, 0.25) is 0 Å². The molecular formula is C9H17ClN2O3S. The number of amides is 1. The van der Waals surface area contributed by atoms with E-state index in [0.717, 1.165) is 9.84 Å². The maximum absolute atomic E-state index is 11.7. The molecule has 0 heterocycles. The van der Waals surface area contributed by atoms with Crippen LogP contribution < -0.4 is 5.32 Å². The molecule has 0 saturated heterocycles. The summed E-state index contributed by atoms with van der Waals surface area (Å²) in [7, 11) is -3.45. The van der Waals surface area contributed by atoms with E-state index in [9.17, 15) is 13.2 Å². The molecule has 0 unspecified atom stereocenters. The lowest BCUT2D eigenvalue weighted by molar-refractivity contribution is -0.121. The monoisotopic (exact) mass is 268 g/mol. The zero-order chi connectivity index (χ0) is 12.6. The third-order valence-corrected chi connectivity index (χ3v) is 3.80. The van der Waals surface area contributed by atoms with E-state index in [1.807, 2.05) is 0 Å². The number of hydrogen-bond donors (Lipinski definition) is 1. The lowest BCUT2D eigenvalue weighted by Gasteiger charge is -2.18. The summed E-state index contributed by atoms with van der Waals surface area (Å²) in [5.74, 6) is -0.494. The Morgan fingerprint density at radius 2 is 2.06 bits per heavy atom. The molecule has 0 atom stereocenters. The number of likely N-dealkylation sites (N-methyl/N-ethyl adjacent to an activating group) is 2. The summed E-state index contributed by atoms with van der Waals surface area (Å²) in [6, 6.07) is 0. The second-order valence-electron chi connectivity index (χ2n) is 3.02. The molecule has 7 heteroatoms. The van der Waals surface area contributed by atoms with Crippen molar-refractivity contribution in [2.75, 3.05) is 25.4 Å². The van der Waals surface area contributed by atoms with Gasteiger partial charge in [-0.2, -0.15) is 4.31 Å². The second-order valence-corrected chi connectivity index (χ2v) is 5.29. The van der Waals surface area contributed by atoms with Gasteiger partial charge in [-0.15, -0.1) is 0 Å². The SMILES string of the molecule is CCNC(=O)CN(CC)S(=O)(=O)CC=CCl. The molecule has 1 N–H and O–H groups in total. The minimum Gasteiger partial charge on any atom is -0.355 e. The van der Waals surface area contributed by atoms with Crippen LogP contribution in [0.1, 0.15) is 13.8 Å². The van der Waals surface area contributed by atoms with Gasteiger partial charge in [-0.05, 0) is 6.92 Å². The first kappa shape index (κ1) is 15.4. The maximum atomic E-state index is 11.7. The average molecular weight is 269 g/mol. The molecule has 0 saturated carbocycles. The van der Waals surface area contributed by atoms with E-state index in [0.29, 0.717) is 6.54 Å². The quantitative estimate of drug-likeness (QED) is 0.732. The molecule has 0 bridgehead atoms. The first-order valence-electron chi connectivity index (χ1n) is 4.97. The van der Waals surface area contributed by atoms with Gasteiger partial charge in [0.25, 0.3) is 0 Å². The minimum absolute atomic E-state index is 0.150. The first-order valence-corrected chi connectivity index (χ1v) is 7.02. The number of carbonyl (C=O) groups is 1. The molecule has 94 valence electrons. The van der Waals surface area contributed by atoms with Crippen molar-refractivity contribution in [1.82, 2.24) is 9.62 Å². The molecule has 0 radical (unpaired) electrons. The number of sulfonamides is 1. The molecule has 0 aromatic carbocycles. The molecule has 0 rings (SSSR count). The van der Waals surface area contributed by atoms with Crippen LogP contribution in [-0.2, 0) is 14.8 Å². The smallest absolute Gasteiger partial charge is 0.235 e. The predicted molar refractivity (Wildman–Crippen MR) is 64.7 cm³/mol. The summed E-state index contributed by atoms with van der Waals surface area (Å²) in [5.41, 5.74) is 1.15. The van der Waals surface area contributed by atoms with E-state index < -0.39 is 10.0 Å². The summed E-state index contributed by atoms with van der Waals surface area (Å²) < 4.78 is 24.5. The van der Waals surface area contributed by atoms with Crippen molar-refractivity contribution in [2.24, 2.45) is 0 Å². The van der Waals surface area contributed by atoms with Gasteiger partial charge in [-0.25, -0.2) is 8.42 Å². The van der Waals surface area contributed by atoms with Crippen LogP contribution in [-0.4, -0.2) is 44.0 Å². The Morgan fingerprint density at radius 1 is 1.44 bits per heavy atom. The molecular weight excluding hydrogens is 252 g/mol. The lowest BCUT2D eigenvalue weighted by atomic mass is 10.5. The lowest BCUT2D eigenvalue weighted by Crippen LogP contribution is -2.41. The van der Waals surface area contributed by atoms with Crippen molar-refractivity contribution in [3.05, 3.63) is 11.6 Å². The summed E-state index contributed by atoms with van der Waals surface area (Å²) >= 11 is 5.27. The van der Waals surface area contributed by atoms with E-state index in [4.69, 9.17) is 11.6 Å². The highest BCUT2D eigenvalue weighted by Gasteiger charge is 2.21. The summed E-state index contributed by atoms with van der Waals surface area (Å²) in [6.07, 6.45) is 1.33. The van der Waals surface area contributed by atoms with Crippen LogP contribution in [0, 0.1) is 0 Å². The van der Waals surface area contributed by atoms with Crippen molar-refractivity contribution in [3.8, 4) is 0 Å². The zero-order valence-electron chi connectivity index (χ0n) is 9.44. The van der Waals surface area contributed by atoms with Crippen molar-refractivity contribution in [2.45, 2.75) is 13.8 Å². The maximum Gasteiger partial charge on any atom is 0.235 e. The van der Waals surface area contributed by atoms with E-state index in [-0.39, 0.29) is 24.7 Å². The minimum atomic E-state index is -3.45. The standard InChI is InChI=1S/C9H17ClN2O3S/c1-3-11-9(13)8-12(4-2)16(14,15)7-5-6-10/h5-6H,3-4,7-8H2,1-2H3,(H,11,13). The molecule has 5 nitrogen and oxygen atoms in total. The molecule has 0 aliphatic rings. The molecule has 0 aromatic rings. The number of hydrogen-bond acceptors (Lipinski definition) is 3. The Kier molecular flexibility index (Phi) is 7.36. The van der Waals surface area contributed by atoms with Crippen molar-refractivity contribution in [3.63, 3.8) is 0 Å². The predicted octanol–water partition coefficient (Wildman–Crippen LogP) is 0.527. The highest BCUT2D eigenvalue weighted by molar-refractivity contribution is 7.89. The first-order chi connectivity index (χ1) is 7.47. The molecule has 1 amide bonds. The Labute approximate surface area is 102 Å². The largest absolute Gasteiger partial charge is 0.355 e. The van der Waals surface area contributed by atoms with Crippen molar-refractivity contribution >= 4 is 27.5 Å². The summed E-state index contributed by atoms with van der Waals surface area (Å²) in [5, 5.41) is 2.55. The van der Waals surface area contributed by atoms with Crippen molar-refractivity contribution < 1.29 is 13.2 Å². The van der Waals surface area contributed by atoms with Gasteiger partial charge in [0.05, 0.1) is 12.3 Å². The fourth-order valence-corrected chi connectivity index (χ4v) is 2.54. The van der Waals surface area contributed by atoms with Gasteiger partial charge in [0.15, 0.2) is 0 Å². The van der Waals surface area contributed by atoms with Gasteiger partial charge in [0, 0.05) is 18.6 Å². The molecule has 0 aliphatic carbocycles. The molecule has 0 aromatic heterocycles. The molecule has 0 aliphatic heterocycles. The topological polar surface area (TPSA) is 66.5 Å². The van der Waals surface area contributed by atoms with Crippen LogP contribution in [0.5, 0.6) is 0 Å².